The quantitative estimate of drug-likeness (QED) is 0.479. The van der Waals surface area contributed by atoms with Crippen LogP contribution in [-0.4, -0.2) is 29.2 Å². The van der Waals surface area contributed by atoms with Crippen LogP contribution in [0.5, 0.6) is 5.75 Å². The molecule has 0 saturated heterocycles. The van der Waals surface area contributed by atoms with Crippen molar-refractivity contribution >= 4 is 0 Å². The van der Waals surface area contributed by atoms with E-state index in [2.05, 4.69) is 14.8 Å². The standard InChI is InChI=1S/C11H12F3N3O3/c12-11(13,14)20-8-3-1-2-7(6-8)10(19)9(18)4-5-16-17-15/h1-3,6,9-10,18-19H,4-5H2. The number of rotatable bonds is 6. The predicted octanol–water partition coefficient (Wildman–Crippen LogP) is 2.68. The van der Waals surface area contributed by atoms with E-state index in [1.807, 2.05) is 0 Å². The first-order valence-electron chi connectivity index (χ1n) is 5.56. The van der Waals surface area contributed by atoms with Crippen LogP contribution in [-0.2, 0) is 0 Å². The van der Waals surface area contributed by atoms with Gasteiger partial charge in [0.05, 0.1) is 6.10 Å². The highest BCUT2D eigenvalue weighted by Gasteiger charge is 2.31. The average Bonchev–Trinajstić information content (AvgIpc) is 2.36. The minimum atomic E-state index is -4.83. The van der Waals surface area contributed by atoms with E-state index in [0.29, 0.717) is 0 Å². The number of aliphatic hydroxyl groups excluding tert-OH is 2. The molecule has 0 bridgehead atoms. The second kappa shape index (κ2) is 6.99. The number of azide groups is 1. The number of nitrogens with zero attached hydrogens (tertiary/aromatic N) is 3. The molecule has 9 heteroatoms. The van der Waals surface area contributed by atoms with Gasteiger partial charge in [0.15, 0.2) is 0 Å². The summed E-state index contributed by atoms with van der Waals surface area (Å²) in [5.41, 5.74) is 8.14. The van der Waals surface area contributed by atoms with E-state index >= 15 is 0 Å². The van der Waals surface area contributed by atoms with Crippen LogP contribution in [0.1, 0.15) is 18.1 Å². The summed E-state index contributed by atoms with van der Waals surface area (Å²) in [6.07, 6.45) is -7.51. The number of benzene rings is 1. The van der Waals surface area contributed by atoms with Gasteiger partial charge in [-0.3, -0.25) is 0 Å². The molecule has 6 nitrogen and oxygen atoms in total. The van der Waals surface area contributed by atoms with Crippen molar-refractivity contribution in [2.75, 3.05) is 6.54 Å². The van der Waals surface area contributed by atoms with E-state index in [1.54, 1.807) is 0 Å². The zero-order valence-electron chi connectivity index (χ0n) is 10.2. The van der Waals surface area contributed by atoms with Crippen molar-refractivity contribution < 1.29 is 28.1 Å². The zero-order chi connectivity index (χ0) is 15.2. The molecular formula is C11H12F3N3O3. The molecule has 0 spiro atoms. The number of alkyl halides is 3. The van der Waals surface area contributed by atoms with Gasteiger partial charge in [-0.1, -0.05) is 17.2 Å². The van der Waals surface area contributed by atoms with Crippen LogP contribution in [0.4, 0.5) is 13.2 Å². The van der Waals surface area contributed by atoms with Crippen molar-refractivity contribution in [3.8, 4) is 5.75 Å². The van der Waals surface area contributed by atoms with Crippen LogP contribution in [0.2, 0.25) is 0 Å². The fourth-order valence-electron chi connectivity index (χ4n) is 1.51. The van der Waals surface area contributed by atoms with Crippen LogP contribution in [0.25, 0.3) is 10.4 Å². The summed E-state index contributed by atoms with van der Waals surface area (Å²) in [5.74, 6) is -0.490. The molecule has 2 unspecified atom stereocenters. The van der Waals surface area contributed by atoms with E-state index in [-0.39, 0.29) is 18.5 Å². The summed E-state index contributed by atoms with van der Waals surface area (Å²) in [4.78, 5) is 2.48. The molecule has 0 aliphatic rings. The van der Waals surface area contributed by atoms with Gasteiger partial charge >= 0.3 is 6.36 Å². The van der Waals surface area contributed by atoms with Gasteiger partial charge in [0.2, 0.25) is 0 Å². The Labute approximate surface area is 112 Å². The Kier molecular flexibility index (Phi) is 5.63. The second-order valence-corrected chi connectivity index (χ2v) is 3.88. The first-order chi connectivity index (χ1) is 9.33. The third-order valence-corrected chi connectivity index (χ3v) is 2.39. The molecule has 1 rings (SSSR count). The predicted molar refractivity (Wildman–Crippen MR) is 62.7 cm³/mol. The maximum absolute atomic E-state index is 12.1. The third kappa shape index (κ3) is 5.35. The smallest absolute Gasteiger partial charge is 0.406 e. The number of aliphatic hydroxyl groups is 2. The molecule has 2 N–H and O–H groups in total. The van der Waals surface area contributed by atoms with Gasteiger partial charge in [-0.2, -0.15) is 0 Å². The molecule has 2 atom stereocenters. The molecule has 0 radical (unpaired) electrons. The van der Waals surface area contributed by atoms with Crippen LogP contribution < -0.4 is 4.74 Å². The summed E-state index contributed by atoms with van der Waals surface area (Å²) in [5, 5.41) is 22.6. The number of hydrogen-bond donors (Lipinski definition) is 2. The SMILES string of the molecule is [N-]=[N+]=NCCC(O)C(O)c1cccc(OC(F)(F)F)c1. The minimum Gasteiger partial charge on any atom is -0.406 e. The van der Waals surface area contributed by atoms with E-state index in [0.717, 1.165) is 12.1 Å². The molecule has 0 fully saturated rings. The van der Waals surface area contributed by atoms with Crippen molar-refractivity contribution in [3.05, 3.63) is 40.3 Å². The summed E-state index contributed by atoms with van der Waals surface area (Å²) in [7, 11) is 0. The number of ether oxygens (including phenoxy) is 1. The van der Waals surface area contributed by atoms with Crippen molar-refractivity contribution in [2.24, 2.45) is 5.11 Å². The second-order valence-electron chi connectivity index (χ2n) is 3.88. The molecule has 0 amide bonds. The number of halogens is 3. The molecule has 0 aliphatic carbocycles. The highest BCUT2D eigenvalue weighted by molar-refractivity contribution is 5.30. The first-order valence-corrected chi connectivity index (χ1v) is 5.56. The van der Waals surface area contributed by atoms with Gasteiger partial charge in [-0.15, -0.1) is 13.2 Å². The topological polar surface area (TPSA) is 98.5 Å². The van der Waals surface area contributed by atoms with Gasteiger partial charge in [-0.05, 0) is 29.6 Å². The van der Waals surface area contributed by atoms with Gasteiger partial charge in [-0.25, -0.2) is 0 Å². The molecular weight excluding hydrogens is 279 g/mol. The highest BCUT2D eigenvalue weighted by Crippen LogP contribution is 2.27. The number of hydrogen-bond acceptors (Lipinski definition) is 4. The van der Waals surface area contributed by atoms with Crippen molar-refractivity contribution in [1.29, 1.82) is 0 Å². The Hall–Kier alpha value is -1.96. The molecule has 0 heterocycles. The van der Waals surface area contributed by atoms with E-state index < -0.39 is 24.3 Å². The summed E-state index contributed by atoms with van der Waals surface area (Å²) in [6, 6.07) is 4.68. The molecule has 0 aliphatic heterocycles. The molecule has 110 valence electrons. The van der Waals surface area contributed by atoms with Gasteiger partial charge < -0.3 is 14.9 Å². The van der Waals surface area contributed by atoms with Crippen LogP contribution >= 0.6 is 0 Å². The monoisotopic (exact) mass is 291 g/mol. The van der Waals surface area contributed by atoms with E-state index in [1.165, 1.54) is 12.1 Å². The molecule has 1 aromatic rings. The molecule has 0 saturated carbocycles. The summed E-state index contributed by atoms with van der Waals surface area (Å²) in [6.45, 7) is -0.0343. The van der Waals surface area contributed by atoms with Crippen LogP contribution in [0.15, 0.2) is 29.4 Å². The summed E-state index contributed by atoms with van der Waals surface area (Å²) >= 11 is 0. The summed E-state index contributed by atoms with van der Waals surface area (Å²) < 4.78 is 39.9. The molecule has 0 aromatic heterocycles. The Morgan fingerprint density at radius 3 is 2.65 bits per heavy atom. The third-order valence-electron chi connectivity index (χ3n) is 2.39. The van der Waals surface area contributed by atoms with Crippen LogP contribution in [0.3, 0.4) is 0 Å². The largest absolute Gasteiger partial charge is 0.573 e. The lowest BCUT2D eigenvalue weighted by molar-refractivity contribution is -0.274. The molecule has 20 heavy (non-hydrogen) atoms. The lowest BCUT2D eigenvalue weighted by atomic mass is 10.0. The van der Waals surface area contributed by atoms with Crippen LogP contribution in [0, 0.1) is 0 Å². The van der Waals surface area contributed by atoms with Gasteiger partial charge in [0, 0.05) is 11.5 Å². The zero-order valence-corrected chi connectivity index (χ0v) is 10.2. The first kappa shape index (κ1) is 16.1. The Morgan fingerprint density at radius 2 is 2.05 bits per heavy atom. The fourth-order valence-corrected chi connectivity index (χ4v) is 1.51. The normalized spacial score (nSPS) is 14.2. The van der Waals surface area contributed by atoms with Crippen molar-refractivity contribution in [3.63, 3.8) is 0 Å². The highest BCUT2D eigenvalue weighted by atomic mass is 19.4. The Bertz CT molecular complexity index is 489. The van der Waals surface area contributed by atoms with E-state index in [9.17, 15) is 23.4 Å². The average molecular weight is 291 g/mol. The maximum Gasteiger partial charge on any atom is 0.573 e. The van der Waals surface area contributed by atoms with Crippen molar-refractivity contribution in [1.82, 2.24) is 0 Å². The lowest BCUT2D eigenvalue weighted by Gasteiger charge is -2.18. The Balaban J connectivity index is 2.75. The Morgan fingerprint density at radius 1 is 1.35 bits per heavy atom. The van der Waals surface area contributed by atoms with Gasteiger partial charge in [0.1, 0.15) is 11.9 Å². The lowest BCUT2D eigenvalue weighted by Crippen LogP contribution is -2.20. The maximum atomic E-state index is 12.1. The van der Waals surface area contributed by atoms with Gasteiger partial charge in [0.25, 0.3) is 0 Å². The molecule has 1 aromatic carbocycles. The minimum absolute atomic E-state index is 0.0183. The fraction of sp³-hybridized carbons (Fsp3) is 0.455. The van der Waals surface area contributed by atoms with E-state index in [4.69, 9.17) is 5.53 Å². The van der Waals surface area contributed by atoms with Crippen molar-refractivity contribution in [2.45, 2.75) is 25.0 Å².